The van der Waals surface area contributed by atoms with E-state index < -0.39 is 6.61 Å². The van der Waals surface area contributed by atoms with E-state index in [0.717, 1.165) is 18.7 Å². The first-order chi connectivity index (χ1) is 8.65. The fraction of sp³-hybridized carbons (Fsp3) is 0.571. The van der Waals surface area contributed by atoms with E-state index in [0.29, 0.717) is 5.92 Å². The Morgan fingerprint density at radius 3 is 2.22 bits per heavy atom. The third-order valence-corrected chi connectivity index (χ3v) is 3.07. The molecule has 1 rings (SSSR count). The van der Waals surface area contributed by atoms with Crippen LogP contribution in [-0.4, -0.2) is 13.2 Å². The van der Waals surface area contributed by atoms with Gasteiger partial charge in [-0.2, -0.15) is 8.78 Å². The molecule has 0 amide bonds. The molecule has 0 aliphatic carbocycles. The highest BCUT2D eigenvalue weighted by Crippen LogP contribution is 2.15. The van der Waals surface area contributed by atoms with Crippen LogP contribution in [0.1, 0.15) is 32.3 Å². The van der Waals surface area contributed by atoms with E-state index >= 15 is 0 Å². The molecule has 0 saturated heterocycles. The zero-order chi connectivity index (χ0) is 13.4. The zero-order valence-corrected chi connectivity index (χ0v) is 11.0. The van der Waals surface area contributed by atoms with Gasteiger partial charge in [0, 0.05) is 6.54 Å². The van der Waals surface area contributed by atoms with Crippen molar-refractivity contribution in [1.29, 1.82) is 0 Å². The van der Waals surface area contributed by atoms with E-state index in [1.54, 1.807) is 24.3 Å². The lowest BCUT2D eigenvalue weighted by Crippen LogP contribution is -2.21. The summed E-state index contributed by atoms with van der Waals surface area (Å²) in [4.78, 5) is 0. The molecule has 4 heteroatoms. The third-order valence-electron chi connectivity index (χ3n) is 3.07. The van der Waals surface area contributed by atoms with Crippen LogP contribution >= 0.6 is 0 Å². The topological polar surface area (TPSA) is 21.3 Å². The standard InChI is InChI=1S/C14H21F2NO/c1-3-11(4-2)9-17-10-12-5-7-13(8-6-12)18-14(15)16/h5-8,11,14,17H,3-4,9-10H2,1-2H3. The maximum atomic E-state index is 12.0. The van der Waals surface area contributed by atoms with Crippen molar-refractivity contribution in [2.75, 3.05) is 6.54 Å². The Labute approximate surface area is 107 Å². The minimum Gasteiger partial charge on any atom is -0.435 e. The van der Waals surface area contributed by atoms with Crippen LogP contribution in [0.3, 0.4) is 0 Å². The van der Waals surface area contributed by atoms with Crippen molar-refractivity contribution >= 4 is 0 Å². The Balaban J connectivity index is 2.35. The van der Waals surface area contributed by atoms with Crippen LogP contribution in [0, 0.1) is 5.92 Å². The van der Waals surface area contributed by atoms with Gasteiger partial charge in [0.25, 0.3) is 0 Å². The summed E-state index contributed by atoms with van der Waals surface area (Å²) in [6, 6.07) is 6.75. The number of hydrogen-bond donors (Lipinski definition) is 1. The highest BCUT2D eigenvalue weighted by atomic mass is 19.3. The zero-order valence-electron chi connectivity index (χ0n) is 11.0. The van der Waals surface area contributed by atoms with E-state index in [1.165, 1.54) is 12.8 Å². The lowest BCUT2D eigenvalue weighted by molar-refractivity contribution is -0.0498. The van der Waals surface area contributed by atoms with E-state index in [1.807, 2.05) is 0 Å². The average molecular weight is 257 g/mol. The summed E-state index contributed by atoms with van der Waals surface area (Å²) >= 11 is 0. The second-order valence-corrected chi connectivity index (χ2v) is 4.34. The third kappa shape index (κ3) is 5.45. The highest BCUT2D eigenvalue weighted by molar-refractivity contribution is 5.27. The Kier molecular flexibility index (Phi) is 6.65. The Bertz CT molecular complexity index is 323. The molecule has 0 spiro atoms. The van der Waals surface area contributed by atoms with Gasteiger partial charge in [0.15, 0.2) is 0 Å². The molecule has 1 N–H and O–H groups in total. The smallest absolute Gasteiger partial charge is 0.387 e. The molecule has 0 atom stereocenters. The van der Waals surface area contributed by atoms with Crippen LogP contribution in [0.5, 0.6) is 5.75 Å². The summed E-state index contributed by atoms with van der Waals surface area (Å²) in [6.45, 7) is 3.36. The molecule has 1 aromatic carbocycles. The number of alkyl halides is 2. The lowest BCUT2D eigenvalue weighted by atomic mass is 10.0. The van der Waals surface area contributed by atoms with Crippen LogP contribution in [-0.2, 0) is 6.54 Å². The highest BCUT2D eigenvalue weighted by Gasteiger charge is 2.04. The van der Waals surface area contributed by atoms with Crippen LogP contribution in [0.4, 0.5) is 8.78 Å². The molecular formula is C14H21F2NO. The summed E-state index contributed by atoms with van der Waals surface area (Å²) < 4.78 is 28.2. The van der Waals surface area contributed by atoms with Gasteiger partial charge in [-0.3, -0.25) is 0 Å². The van der Waals surface area contributed by atoms with Crippen molar-refractivity contribution in [2.45, 2.75) is 39.8 Å². The predicted molar refractivity (Wildman–Crippen MR) is 68.9 cm³/mol. The predicted octanol–water partition coefficient (Wildman–Crippen LogP) is 3.81. The van der Waals surface area contributed by atoms with Gasteiger partial charge in [0.05, 0.1) is 0 Å². The molecule has 0 heterocycles. The quantitative estimate of drug-likeness (QED) is 0.764. The fourth-order valence-electron chi connectivity index (χ4n) is 1.79. The Morgan fingerprint density at radius 2 is 1.72 bits per heavy atom. The molecule has 0 aliphatic heterocycles. The number of ether oxygens (including phenoxy) is 1. The maximum absolute atomic E-state index is 12.0. The minimum atomic E-state index is -2.76. The monoisotopic (exact) mass is 257 g/mol. The van der Waals surface area contributed by atoms with Crippen molar-refractivity contribution < 1.29 is 13.5 Å². The summed E-state index contributed by atoms with van der Waals surface area (Å²) in [5.41, 5.74) is 1.07. The van der Waals surface area contributed by atoms with Gasteiger partial charge in [-0.15, -0.1) is 0 Å². The first kappa shape index (κ1) is 14.9. The normalized spacial score (nSPS) is 11.2. The molecule has 1 aromatic rings. The van der Waals surface area contributed by atoms with E-state index in [-0.39, 0.29) is 5.75 Å². The van der Waals surface area contributed by atoms with Crippen LogP contribution in [0.2, 0.25) is 0 Å². The van der Waals surface area contributed by atoms with Gasteiger partial charge in [-0.05, 0) is 30.2 Å². The molecule has 0 aromatic heterocycles. The van der Waals surface area contributed by atoms with Crippen LogP contribution < -0.4 is 10.1 Å². The van der Waals surface area contributed by atoms with E-state index in [9.17, 15) is 8.78 Å². The molecule has 102 valence electrons. The molecule has 0 radical (unpaired) electrons. The van der Waals surface area contributed by atoms with Crippen molar-refractivity contribution in [3.05, 3.63) is 29.8 Å². The summed E-state index contributed by atoms with van der Waals surface area (Å²) in [5, 5.41) is 3.37. The number of rotatable bonds is 8. The molecule has 0 unspecified atom stereocenters. The summed E-state index contributed by atoms with van der Waals surface area (Å²) in [7, 11) is 0. The number of benzene rings is 1. The van der Waals surface area contributed by atoms with Gasteiger partial charge in [-0.25, -0.2) is 0 Å². The molecule has 0 fully saturated rings. The van der Waals surface area contributed by atoms with Crippen LogP contribution in [0.15, 0.2) is 24.3 Å². The van der Waals surface area contributed by atoms with Crippen molar-refractivity contribution in [1.82, 2.24) is 5.32 Å². The Hall–Kier alpha value is -1.16. The molecular weight excluding hydrogens is 236 g/mol. The molecule has 0 bridgehead atoms. The van der Waals surface area contributed by atoms with Gasteiger partial charge in [0.2, 0.25) is 0 Å². The molecule has 18 heavy (non-hydrogen) atoms. The fourth-order valence-corrected chi connectivity index (χ4v) is 1.79. The molecule has 0 aliphatic rings. The van der Waals surface area contributed by atoms with Gasteiger partial charge >= 0.3 is 6.61 Å². The number of halogens is 2. The SMILES string of the molecule is CCC(CC)CNCc1ccc(OC(F)F)cc1. The average Bonchev–Trinajstić information content (AvgIpc) is 2.36. The number of nitrogens with one attached hydrogen (secondary N) is 1. The van der Waals surface area contributed by atoms with E-state index in [2.05, 4.69) is 23.9 Å². The Morgan fingerprint density at radius 1 is 1.11 bits per heavy atom. The van der Waals surface area contributed by atoms with Gasteiger partial charge in [0.1, 0.15) is 5.75 Å². The second kappa shape index (κ2) is 8.03. The van der Waals surface area contributed by atoms with E-state index in [4.69, 9.17) is 0 Å². The van der Waals surface area contributed by atoms with Crippen LogP contribution in [0.25, 0.3) is 0 Å². The van der Waals surface area contributed by atoms with Crippen molar-refractivity contribution in [3.8, 4) is 5.75 Å². The second-order valence-electron chi connectivity index (χ2n) is 4.34. The first-order valence-electron chi connectivity index (χ1n) is 6.40. The summed E-state index contributed by atoms with van der Waals surface area (Å²) in [5.74, 6) is 0.903. The molecule has 2 nitrogen and oxygen atoms in total. The van der Waals surface area contributed by atoms with Crippen molar-refractivity contribution in [2.24, 2.45) is 5.92 Å². The van der Waals surface area contributed by atoms with Gasteiger partial charge < -0.3 is 10.1 Å². The first-order valence-corrected chi connectivity index (χ1v) is 6.40. The van der Waals surface area contributed by atoms with Crippen molar-refractivity contribution in [3.63, 3.8) is 0 Å². The molecule has 0 saturated carbocycles. The number of hydrogen-bond acceptors (Lipinski definition) is 2. The largest absolute Gasteiger partial charge is 0.435 e. The maximum Gasteiger partial charge on any atom is 0.387 e. The van der Waals surface area contributed by atoms with Gasteiger partial charge in [-0.1, -0.05) is 38.8 Å². The summed E-state index contributed by atoms with van der Waals surface area (Å²) in [6.07, 6.45) is 2.34. The lowest BCUT2D eigenvalue weighted by Gasteiger charge is -2.13. The minimum absolute atomic E-state index is 0.203.